The van der Waals surface area contributed by atoms with Gasteiger partial charge < -0.3 is 15.2 Å². The number of methoxy groups -OCH3 is 1. The van der Waals surface area contributed by atoms with Gasteiger partial charge in [0.2, 0.25) is 5.91 Å². The molecule has 6 nitrogen and oxygen atoms in total. The van der Waals surface area contributed by atoms with E-state index in [0.717, 1.165) is 25.7 Å². The lowest BCUT2D eigenvalue weighted by Gasteiger charge is -2.13. The Morgan fingerprint density at radius 3 is 2.10 bits per heavy atom. The first-order chi connectivity index (χ1) is 14.1. The van der Waals surface area contributed by atoms with Gasteiger partial charge in [-0.2, -0.15) is 11.8 Å². The van der Waals surface area contributed by atoms with Gasteiger partial charge in [-0.3, -0.25) is 9.59 Å². The summed E-state index contributed by atoms with van der Waals surface area (Å²) in [6, 6.07) is -0.972. The number of amides is 1. The van der Waals surface area contributed by atoms with Crippen molar-refractivity contribution in [3.8, 4) is 0 Å². The van der Waals surface area contributed by atoms with E-state index in [0.29, 0.717) is 5.75 Å². The highest BCUT2D eigenvalue weighted by Crippen LogP contribution is 2.13. The minimum absolute atomic E-state index is 0.0629. The molecule has 0 bridgehead atoms. The number of carboxylic acids is 1. The highest BCUT2D eigenvalue weighted by Gasteiger charge is 2.20. The molecule has 1 amide bonds. The third-order valence-corrected chi connectivity index (χ3v) is 5.35. The number of rotatable bonds is 15. The fraction of sp³-hybridized carbons (Fsp3) is 0.609. The standard InChI is InChI=1S/C23H37NO5S/c1-17(2)8-6-9-18(3)10-7-11-19(4)14-15-30-16-20(23(27)28)24-21(25)12-13-22(26)29-5/h8,10,14,20H,6-7,9,11-13,15-16H2,1-5H3,(H,24,25)(H,27,28)/b18-10+,19-14+/t20-/m0/s1. The van der Waals surface area contributed by atoms with Gasteiger partial charge >= 0.3 is 11.9 Å². The lowest BCUT2D eigenvalue weighted by atomic mass is 10.1. The van der Waals surface area contributed by atoms with Gasteiger partial charge in [0.1, 0.15) is 6.04 Å². The third-order valence-electron chi connectivity index (χ3n) is 4.37. The number of ether oxygens (including phenoxy) is 1. The number of carbonyl (C=O) groups excluding carboxylic acids is 2. The second kappa shape index (κ2) is 16.7. The summed E-state index contributed by atoms with van der Waals surface area (Å²) in [5.74, 6) is -1.08. The summed E-state index contributed by atoms with van der Waals surface area (Å²) >= 11 is 1.46. The first-order valence-electron chi connectivity index (χ1n) is 10.3. The van der Waals surface area contributed by atoms with Crippen LogP contribution in [0.15, 0.2) is 34.9 Å². The minimum atomic E-state index is -1.08. The van der Waals surface area contributed by atoms with E-state index in [1.807, 2.05) is 0 Å². The molecule has 30 heavy (non-hydrogen) atoms. The lowest BCUT2D eigenvalue weighted by Crippen LogP contribution is -2.42. The summed E-state index contributed by atoms with van der Waals surface area (Å²) < 4.78 is 4.47. The van der Waals surface area contributed by atoms with Gasteiger partial charge in [-0.25, -0.2) is 4.79 Å². The molecule has 0 radical (unpaired) electrons. The first kappa shape index (κ1) is 28.0. The Bertz CT molecular complexity index is 648. The van der Waals surface area contributed by atoms with Crippen molar-refractivity contribution in [1.82, 2.24) is 5.32 Å². The van der Waals surface area contributed by atoms with E-state index in [1.165, 1.54) is 35.6 Å². The topological polar surface area (TPSA) is 92.7 Å². The second-order valence-corrected chi connectivity index (χ2v) is 8.61. The fourth-order valence-electron chi connectivity index (χ4n) is 2.48. The molecule has 0 aromatic heterocycles. The highest BCUT2D eigenvalue weighted by atomic mass is 32.2. The Balaban J connectivity index is 4.22. The molecule has 0 aromatic rings. The van der Waals surface area contributed by atoms with Crippen LogP contribution in [-0.4, -0.2) is 47.6 Å². The number of allylic oxidation sites excluding steroid dienone is 5. The maximum absolute atomic E-state index is 11.8. The monoisotopic (exact) mass is 439 g/mol. The highest BCUT2D eigenvalue weighted by molar-refractivity contribution is 7.99. The van der Waals surface area contributed by atoms with Crippen LogP contribution in [0.4, 0.5) is 0 Å². The quantitative estimate of drug-likeness (QED) is 0.219. The predicted molar refractivity (Wildman–Crippen MR) is 124 cm³/mol. The number of hydrogen-bond acceptors (Lipinski definition) is 5. The van der Waals surface area contributed by atoms with Crippen LogP contribution >= 0.6 is 11.8 Å². The predicted octanol–water partition coefficient (Wildman–Crippen LogP) is 4.66. The van der Waals surface area contributed by atoms with Crippen molar-refractivity contribution in [2.45, 2.75) is 72.3 Å². The van der Waals surface area contributed by atoms with Gasteiger partial charge in [-0.05, 0) is 53.4 Å². The van der Waals surface area contributed by atoms with Crippen molar-refractivity contribution < 1.29 is 24.2 Å². The number of nitrogens with one attached hydrogen (secondary N) is 1. The molecule has 0 spiro atoms. The summed E-state index contributed by atoms with van der Waals surface area (Å²) in [6.45, 7) is 8.47. The molecule has 0 rings (SSSR count). The molecule has 1 atom stereocenters. The average molecular weight is 440 g/mol. The van der Waals surface area contributed by atoms with Gasteiger partial charge in [-0.1, -0.05) is 34.9 Å². The molecule has 170 valence electrons. The smallest absolute Gasteiger partial charge is 0.327 e. The maximum Gasteiger partial charge on any atom is 0.327 e. The minimum Gasteiger partial charge on any atom is -0.480 e. The molecule has 0 saturated carbocycles. The van der Waals surface area contributed by atoms with Crippen LogP contribution in [0.2, 0.25) is 0 Å². The number of thioether (sulfide) groups is 1. The molecule has 0 saturated heterocycles. The molecular weight excluding hydrogens is 402 g/mol. The van der Waals surface area contributed by atoms with E-state index in [2.05, 4.69) is 56.0 Å². The van der Waals surface area contributed by atoms with Crippen molar-refractivity contribution in [2.75, 3.05) is 18.6 Å². The van der Waals surface area contributed by atoms with Gasteiger partial charge in [0.15, 0.2) is 0 Å². The molecule has 7 heteroatoms. The van der Waals surface area contributed by atoms with Crippen molar-refractivity contribution in [1.29, 1.82) is 0 Å². The summed E-state index contributed by atoms with van der Waals surface area (Å²) in [5, 5.41) is 11.7. The lowest BCUT2D eigenvalue weighted by molar-refractivity contribution is -0.142. The summed E-state index contributed by atoms with van der Waals surface area (Å²) in [4.78, 5) is 34.2. The van der Waals surface area contributed by atoms with E-state index in [1.54, 1.807) is 0 Å². The Morgan fingerprint density at radius 1 is 0.933 bits per heavy atom. The van der Waals surface area contributed by atoms with E-state index in [9.17, 15) is 19.5 Å². The summed E-state index contributed by atoms with van der Waals surface area (Å²) in [6.07, 6.45) is 10.7. The maximum atomic E-state index is 11.8. The molecule has 0 unspecified atom stereocenters. The normalized spacial score (nSPS) is 12.8. The zero-order valence-electron chi connectivity index (χ0n) is 19.0. The molecule has 0 fully saturated rings. The van der Waals surface area contributed by atoms with Gasteiger partial charge in [0.25, 0.3) is 0 Å². The Morgan fingerprint density at radius 2 is 1.53 bits per heavy atom. The number of carboxylic acid groups (broad SMARTS) is 1. The van der Waals surface area contributed by atoms with Crippen molar-refractivity contribution in [2.24, 2.45) is 0 Å². The molecule has 0 aliphatic heterocycles. The van der Waals surface area contributed by atoms with Crippen LogP contribution in [0.25, 0.3) is 0 Å². The SMILES string of the molecule is COC(=O)CCC(=O)N[C@@H](CSC/C=C(\C)CC/C=C(\C)CCC=C(C)C)C(=O)O. The zero-order chi connectivity index (χ0) is 22.9. The van der Waals surface area contributed by atoms with Crippen LogP contribution in [0.5, 0.6) is 0 Å². The molecular formula is C23H37NO5S. The first-order valence-corrected chi connectivity index (χ1v) is 11.4. The van der Waals surface area contributed by atoms with E-state index < -0.39 is 23.9 Å². The van der Waals surface area contributed by atoms with Crippen LogP contribution in [0.1, 0.15) is 66.2 Å². The third kappa shape index (κ3) is 15.9. The number of carbonyl (C=O) groups is 3. The largest absolute Gasteiger partial charge is 0.480 e. The second-order valence-electron chi connectivity index (χ2n) is 7.53. The number of esters is 1. The van der Waals surface area contributed by atoms with Crippen LogP contribution in [0, 0.1) is 0 Å². The van der Waals surface area contributed by atoms with E-state index >= 15 is 0 Å². The van der Waals surface area contributed by atoms with Gasteiger partial charge in [0.05, 0.1) is 13.5 Å². The van der Waals surface area contributed by atoms with Crippen molar-refractivity contribution in [3.63, 3.8) is 0 Å². The number of aliphatic carboxylic acids is 1. The number of hydrogen-bond donors (Lipinski definition) is 2. The Hall–Kier alpha value is -2.02. The van der Waals surface area contributed by atoms with Crippen LogP contribution in [0.3, 0.4) is 0 Å². The Kier molecular flexibility index (Phi) is 15.6. The average Bonchev–Trinajstić information content (AvgIpc) is 2.67. The zero-order valence-corrected chi connectivity index (χ0v) is 19.8. The molecule has 0 aromatic carbocycles. The van der Waals surface area contributed by atoms with E-state index in [-0.39, 0.29) is 18.6 Å². The van der Waals surface area contributed by atoms with Crippen LogP contribution < -0.4 is 5.32 Å². The Labute approximate surface area is 185 Å². The molecule has 0 heterocycles. The molecule has 0 aliphatic carbocycles. The van der Waals surface area contributed by atoms with Gasteiger partial charge in [0, 0.05) is 17.9 Å². The molecule has 2 N–H and O–H groups in total. The summed E-state index contributed by atoms with van der Waals surface area (Å²) in [7, 11) is 1.25. The van der Waals surface area contributed by atoms with Crippen molar-refractivity contribution >= 4 is 29.6 Å². The van der Waals surface area contributed by atoms with Crippen LogP contribution in [-0.2, 0) is 19.1 Å². The van der Waals surface area contributed by atoms with Gasteiger partial charge in [-0.15, -0.1) is 0 Å². The molecule has 0 aliphatic rings. The van der Waals surface area contributed by atoms with E-state index in [4.69, 9.17) is 0 Å². The van der Waals surface area contributed by atoms with Crippen molar-refractivity contribution in [3.05, 3.63) is 34.9 Å². The summed E-state index contributed by atoms with van der Waals surface area (Å²) in [5.41, 5.74) is 4.02. The fourth-order valence-corrected chi connectivity index (χ4v) is 3.48.